The predicted octanol–water partition coefficient (Wildman–Crippen LogP) is 1.02. The van der Waals surface area contributed by atoms with E-state index in [2.05, 4.69) is 14.2 Å². The molecule has 0 aromatic heterocycles. The molecule has 1 aromatic carbocycles. The molecule has 9 heteroatoms. The first-order valence-electron chi connectivity index (χ1n) is 7.48. The van der Waals surface area contributed by atoms with E-state index in [1.54, 1.807) is 0 Å². The SMILES string of the molecule is COC(=O)C[C@H](OCc1cc(C(=O)OC)ccc1OC(C)=O)C(=O)OC. The maximum Gasteiger partial charge on any atom is 0.337 e. The van der Waals surface area contributed by atoms with E-state index in [-0.39, 0.29) is 24.3 Å². The number of ether oxygens (including phenoxy) is 5. The smallest absolute Gasteiger partial charge is 0.337 e. The Balaban J connectivity index is 3.05. The molecule has 0 N–H and O–H groups in total. The Morgan fingerprint density at radius 1 is 1.00 bits per heavy atom. The highest BCUT2D eigenvalue weighted by molar-refractivity contribution is 5.90. The monoisotopic (exact) mass is 368 g/mol. The van der Waals surface area contributed by atoms with Crippen LogP contribution in [0.5, 0.6) is 5.75 Å². The van der Waals surface area contributed by atoms with Crippen molar-refractivity contribution in [1.29, 1.82) is 0 Å². The Labute approximate surface area is 150 Å². The molecule has 0 saturated heterocycles. The number of rotatable bonds is 8. The number of benzene rings is 1. The van der Waals surface area contributed by atoms with E-state index in [9.17, 15) is 19.2 Å². The van der Waals surface area contributed by atoms with Crippen LogP contribution in [0.1, 0.15) is 29.3 Å². The summed E-state index contributed by atoms with van der Waals surface area (Å²) in [5.41, 5.74) is 0.506. The van der Waals surface area contributed by atoms with Crippen molar-refractivity contribution < 1.29 is 42.9 Å². The second-order valence-electron chi connectivity index (χ2n) is 5.01. The molecule has 1 rings (SSSR count). The van der Waals surface area contributed by atoms with Gasteiger partial charge in [-0.25, -0.2) is 9.59 Å². The lowest BCUT2D eigenvalue weighted by molar-refractivity contribution is -0.161. The summed E-state index contributed by atoms with van der Waals surface area (Å²) in [6.45, 7) is 0.984. The fourth-order valence-electron chi connectivity index (χ4n) is 1.96. The lowest BCUT2D eigenvalue weighted by Crippen LogP contribution is -2.29. The van der Waals surface area contributed by atoms with Crippen LogP contribution in [0.4, 0.5) is 0 Å². The molecule has 26 heavy (non-hydrogen) atoms. The van der Waals surface area contributed by atoms with Gasteiger partial charge in [0.1, 0.15) is 5.75 Å². The topological polar surface area (TPSA) is 114 Å². The molecule has 1 aromatic rings. The van der Waals surface area contributed by atoms with Crippen LogP contribution < -0.4 is 4.74 Å². The van der Waals surface area contributed by atoms with Gasteiger partial charge in [0.15, 0.2) is 6.10 Å². The zero-order valence-corrected chi connectivity index (χ0v) is 14.9. The van der Waals surface area contributed by atoms with Gasteiger partial charge in [0.2, 0.25) is 0 Å². The van der Waals surface area contributed by atoms with Gasteiger partial charge >= 0.3 is 23.9 Å². The van der Waals surface area contributed by atoms with Gasteiger partial charge in [-0.1, -0.05) is 0 Å². The van der Waals surface area contributed by atoms with Crippen molar-refractivity contribution in [1.82, 2.24) is 0 Å². The summed E-state index contributed by atoms with van der Waals surface area (Å²) in [4.78, 5) is 46.1. The molecule has 0 fully saturated rings. The van der Waals surface area contributed by atoms with E-state index in [4.69, 9.17) is 9.47 Å². The molecule has 142 valence electrons. The van der Waals surface area contributed by atoms with Crippen molar-refractivity contribution in [3.8, 4) is 5.75 Å². The number of carbonyl (C=O) groups excluding carboxylic acids is 4. The van der Waals surface area contributed by atoms with Gasteiger partial charge in [-0.2, -0.15) is 0 Å². The average Bonchev–Trinajstić information content (AvgIpc) is 2.63. The third-order valence-corrected chi connectivity index (χ3v) is 3.22. The summed E-state index contributed by atoms with van der Waals surface area (Å²) in [6.07, 6.45) is -1.58. The molecule has 0 saturated carbocycles. The van der Waals surface area contributed by atoms with Crippen LogP contribution in [0.3, 0.4) is 0 Å². The fourth-order valence-corrected chi connectivity index (χ4v) is 1.96. The third-order valence-electron chi connectivity index (χ3n) is 3.22. The minimum Gasteiger partial charge on any atom is -0.469 e. The Hall–Kier alpha value is -2.94. The van der Waals surface area contributed by atoms with E-state index in [0.717, 1.165) is 7.11 Å². The van der Waals surface area contributed by atoms with Crippen molar-refractivity contribution in [2.45, 2.75) is 26.1 Å². The minimum absolute atomic E-state index is 0.145. The van der Waals surface area contributed by atoms with Crippen LogP contribution in [0.25, 0.3) is 0 Å². The molecule has 0 spiro atoms. The van der Waals surface area contributed by atoms with Crippen LogP contribution in [0.15, 0.2) is 18.2 Å². The third kappa shape index (κ3) is 6.17. The van der Waals surface area contributed by atoms with E-state index in [1.165, 1.54) is 39.3 Å². The van der Waals surface area contributed by atoms with Gasteiger partial charge in [-0.15, -0.1) is 0 Å². The van der Waals surface area contributed by atoms with Crippen LogP contribution >= 0.6 is 0 Å². The Morgan fingerprint density at radius 2 is 1.69 bits per heavy atom. The van der Waals surface area contributed by atoms with Crippen molar-refractivity contribution in [3.63, 3.8) is 0 Å². The minimum atomic E-state index is -1.22. The van der Waals surface area contributed by atoms with Crippen molar-refractivity contribution >= 4 is 23.9 Å². The van der Waals surface area contributed by atoms with Gasteiger partial charge in [0.05, 0.1) is 39.9 Å². The van der Waals surface area contributed by atoms with Crippen LogP contribution in [0.2, 0.25) is 0 Å². The van der Waals surface area contributed by atoms with Gasteiger partial charge in [0, 0.05) is 12.5 Å². The zero-order valence-electron chi connectivity index (χ0n) is 14.9. The van der Waals surface area contributed by atoms with E-state index in [0.29, 0.717) is 5.56 Å². The highest BCUT2D eigenvalue weighted by Gasteiger charge is 2.25. The van der Waals surface area contributed by atoms with Crippen molar-refractivity contribution in [2.24, 2.45) is 0 Å². The molecular formula is C17H20O9. The first-order valence-corrected chi connectivity index (χ1v) is 7.48. The Kier molecular flexibility index (Phi) is 8.23. The summed E-state index contributed by atoms with van der Waals surface area (Å²) >= 11 is 0. The number of hydrogen-bond donors (Lipinski definition) is 0. The second-order valence-corrected chi connectivity index (χ2v) is 5.01. The van der Waals surface area contributed by atoms with Crippen LogP contribution in [-0.4, -0.2) is 51.3 Å². The van der Waals surface area contributed by atoms with Crippen LogP contribution in [0, 0.1) is 0 Å². The summed E-state index contributed by atoms with van der Waals surface area (Å²) < 4.78 is 24.2. The van der Waals surface area contributed by atoms with Gasteiger partial charge in [-0.05, 0) is 18.2 Å². The van der Waals surface area contributed by atoms with Crippen LogP contribution in [-0.2, 0) is 39.9 Å². The summed E-state index contributed by atoms with van der Waals surface area (Å²) in [5.74, 6) is -2.46. The first-order chi connectivity index (χ1) is 12.3. The zero-order chi connectivity index (χ0) is 19.7. The highest BCUT2D eigenvalue weighted by Crippen LogP contribution is 2.23. The van der Waals surface area contributed by atoms with E-state index in [1.807, 2.05) is 0 Å². The molecule has 0 aliphatic carbocycles. The number of methoxy groups -OCH3 is 3. The summed E-state index contributed by atoms with van der Waals surface area (Å²) in [7, 11) is 3.55. The number of esters is 4. The largest absolute Gasteiger partial charge is 0.469 e. The number of hydrogen-bond acceptors (Lipinski definition) is 9. The Morgan fingerprint density at radius 3 is 2.23 bits per heavy atom. The maximum absolute atomic E-state index is 11.8. The van der Waals surface area contributed by atoms with E-state index >= 15 is 0 Å². The molecule has 1 atom stereocenters. The lowest BCUT2D eigenvalue weighted by Gasteiger charge is -2.16. The average molecular weight is 368 g/mol. The molecule has 0 aliphatic rings. The first kappa shape index (κ1) is 21.1. The van der Waals surface area contributed by atoms with Gasteiger partial charge < -0.3 is 23.7 Å². The molecule has 9 nitrogen and oxygen atoms in total. The summed E-state index contributed by atoms with van der Waals surface area (Å²) in [6, 6.07) is 4.22. The summed E-state index contributed by atoms with van der Waals surface area (Å²) in [5, 5.41) is 0. The molecule has 0 unspecified atom stereocenters. The fraction of sp³-hybridized carbons (Fsp3) is 0.412. The molecule has 0 aliphatic heterocycles. The van der Waals surface area contributed by atoms with E-state index < -0.39 is 30.0 Å². The molecule has 0 bridgehead atoms. The molecule has 0 heterocycles. The second kappa shape index (κ2) is 10.1. The standard InChI is InChI=1S/C17H20O9/c1-10(18)26-13-6-5-11(16(20)23-3)7-12(13)9-25-14(17(21)24-4)8-15(19)22-2/h5-7,14H,8-9H2,1-4H3/t14-/m0/s1. The van der Waals surface area contributed by atoms with Crippen molar-refractivity contribution in [3.05, 3.63) is 29.3 Å². The highest BCUT2D eigenvalue weighted by atomic mass is 16.6. The molecular weight excluding hydrogens is 348 g/mol. The maximum atomic E-state index is 11.8. The Bertz CT molecular complexity index is 681. The van der Waals surface area contributed by atoms with Crippen molar-refractivity contribution in [2.75, 3.05) is 21.3 Å². The van der Waals surface area contributed by atoms with Gasteiger partial charge in [-0.3, -0.25) is 9.59 Å². The normalized spacial score (nSPS) is 11.2. The quantitative estimate of drug-likeness (QED) is 0.377. The molecule has 0 amide bonds. The molecule has 0 radical (unpaired) electrons. The number of carbonyl (C=O) groups is 4. The predicted molar refractivity (Wildman–Crippen MR) is 86.3 cm³/mol. The lowest BCUT2D eigenvalue weighted by atomic mass is 10.1. The van der Waals surface area contributed by atoms with Gasteiger partial charge in [0.25, 0.3) is 0 Å².